The smallest absolute Gasteiger partial charge is 0.393 e. The van der Waals surface area contributed by atoms with Gasteiger partial charge in [-0.2, -0.15) is 13.2 Å². The summed E-state index contributed by atoms with van der Waals surface area (Å²) in [5.74, 6) is -0.0650. The van der Waals surface area contributed by atoms with Gasteiger partial charge in [-0.3, -0.25) is 4.79 Å². The van der Waals surface area contributed by atoms with Crippen LogP contribution in [0.25, 0.3) is 0 Å². The number of pyridine rings is 2. The summed E-state index contributed by atoms with van der Waals surface area (Å²) in [5, 5.41) is 15.7. The van der Waals surface area contributed by atoms with E-state index in [4.69, 9.17) is 0 Å². The molecule has 6 nitrogen and oxygen atoms in total. The zero-order chi connectivity index (χ0) is 20.1. The molecule has 0 bridgehead atoms. The molecular weight excluding hydrogens is 373 g/mol. The molecule has 2 atom stereocenters. The molecule has 0 spiro atoms. The van der Waals surface area contributed by atoms with E-state index in [9.17, 15) is 23.1 Å². The molecule has 0 unspecified atom stereocenters. The summed E-state index contributed by atoms with van der Waals surface area (Å²) in [5.41, 5.74) is -0.622. The summed E-state index contributed by atoms with van der Waals surface area (Å²) in [6, 6.07) is 5.12. The molecule has 3 N–H and O–H groups in total. The average Bonchev–Trinajstić information content (AvgIpc) is 2.67. The zero-order valence-corrected chi connectivity index (χ0v) is 15.0. The summed E-state index contributed by atoms with van der Waals surface area (Å²) in [7, 11) is 0. The van der Waals surface area contributed by atoms with Gasteiger partial charge in [0.15, 0.2) is 0 Å². The minimum absolute atomic E-state index is 0.0887. The van der Waals surface area contributed by atoms with Crippen LogP contribution in [0.15, 0.2) is 36.7 Å². The number of amides is 1. The van der Waals surface area contributed by atoms with E-state index in [0.29, 0.717) is 12.4 Å². The molecule has 1 amide bonds. The monoisotopic (exact) mass is 394 g/mol. The van der Waals surface area contributed by atoms with Gasteiger partial charge in [-0.25, -0.2) is 9.97 Å². The van der Waals surface area contributed by atoms with E-state index >= 15 is 0 Å². The number of aliphatic hydroxyl groups is 1. The quantitative estimate of drug-likeness (QED) is 0.720. The van der Waals surface area contributed by atoms with Crippen LogP contribution in [0.1, 0.15) is 41.7 Å². The Kier molecular flexibility index (Phi) is 6.13. The van der Waals surface area contributed by atoms with Crippen molar-refractivity contribution >= 4 is 17.4 Å². The first-order valence-electron chi connectivity index (χ1n) is 9.06. The van der Waals surface area contributed by atoms with Gasteiger partial charge in [0, 0.05) is 18.7 Å². The largest absolute Gasteiger partial charge is 0.433 e. The fourth-order valence-corrected chi connectivity index (χ4v) is 3.22. The predicted molar refractivity (Wildman–Crippen MR) is 97.9 cm³/mol. The van der Waals surface area contributed by atoms with Crippen molar-refractivity contribution < 1.29 is 23.1 Å². The molecule has 0 saturated heterocycles. The van der Waals surface area contributed by atoms with Crippen molar-refractivity contribution in [2.24, 2.45) is 5.92 Å². The molecule has 0 radical (unpaired) electrons. The number of nitrogens with one attached hydrogen (secondary N) is 2. The van der Waals surface area contributed by atoms with Crippen molar-refractivity contribution in [3.05, 3.63) is 47.9 Å². The van der Waals surface area contributed by atoms with Crippen LogP contribution < -0.4 is 10.6 Å². The van der Waals surface area contributed by atoms with E-state index in [2.05, 4.69) is 20.6 Å². The molecule has 9 heteroatoms. The Morgan fingerprint density at radius 1 is 1.18 bits per heavy atom. The molecule has 3 rings (SSSR count). The van der Waals surface area contributed by atoms with E-state index in [0.717, 1.165) is 44.0 Å². The van der Waals surface area contributed by atoms with E-state index in [1.54, 1.807) is 12.1 Å². The highest BCUT2D eigenvalue weighted by Gasteiger charge is 2.32. The average molecular weight is 394 g/mol. The maximum Gasteiger partial charge on any atom is 0.433 e. The number of hydrogen-bond acceptors (Lipinski definition) is 5. The SMILES string of the molecule is O=C(Nc1ccc(C(F)(F)F)nc1)c1cccnc1NC[C@@H]1CCCC[C@H]1O. The van der Waals surface area contributed by atoms with Gasteiger partial charge in [0.1, 0.15) is 11.5 Å². The molecular formula is C19H21F3N4O2. The van der Waals surface area contributed by atoms with Crippen LogP contribution in [0.2, 0.25) is 0 Å². The predicted octanol–water partition coefficient (Wildman–Crippen LogP) is 3.71. The molecule has 2 heterocycles. The van der Waals surface area contributed by atoms with Gasteiger partial charge in [0.05, 0.1) is 23.6 Å². The minimum Gasteiger partial charge on any atom is -0.393 e. The van der Waals surface area contributed by atoms with Crippen molar-refractivity contribution in [3.8, 4) is 0 Å². The Bertz CT molecular complexity index is 812. The van der Waals surface area contributed by atoms with Gasteiger partial charge in [0.25, 0.3) is 5.91 Å². The number of carbonyl (C=O) groups excluding carboxylic acids is 1. The molecule has 1 fully saturated rings. The number of carbonyl (C=O) groups is 1. The second kappa shape index (κ2) is 8.55. The maximum atomic E-state index is 12.6. The lowest BCUT2D eigenvalue weighted by Gasteiger charge is -2.28. The number of hydrogen-bond donors (Lipinski definition) is 3. The van der Waals surface area contributed by atoms with Gasteiger partial charge in [0.2, 0.25) is 0 Å². The molecule has 0 aliphatic heterocycles. The highest BCUT2D eigenvalue weighted by molar-refractivity contribution is 6.07. The zero-order valence-electron chi connectivity index (χ0n) is 15.0. The van der Waals surface area contributed by atoms with Crippen LogP contribution in [0.3, 0.4) is 0 Å². The number of alkyl halides is 3. The van der Waals surface area contributed by atoms with Crippen LogP contribution in [-0.2, 0) is 6.18 Å². The van der Waals surface area contributed by atoms with Crippen LogP contribution in [0, 0.1) is 5.92 Å². The molecule has 1 aliphatic rings. The van der Waals surface area contributed by atoms with Crippen molar-refractivity contribution in [2.45, 2.75) is 38.0 Å². The fraction of sp³-hybridized carbons (Fsp3) is 0.421. The summed E-state index contributed by atoms with van der Waals surface area (Å²) in [6.45, 7) is 0.486. The number of anilines is 2. The Morgan fingerprint density at radius 2 is 1.96 bits per heavy atom. The highest BCUT2D eigenvalue weighted by Crippen LogP contribution is 2.28. The maximum absolute atomic E-state index is 12.6. The second-order valence-corrected chi connectivity index (χ2v) is 6.78. The third-order valence-electron chi connectivity index (χ3n) is 4.76. The highest BCUT2D eigenvalue weighted by atomic mass is 19.4. The van der Waals surface area contributed by atoms with E-state index in [1.165, 1.54) is 6.20 Å². The number of halogens is 3. The molecule has 0 aromatic carbocycles. The first kappa shape index (κ1) is 20.1. The Labute approximate surface area is 160 Å². The normalized spacial score (nSPS) is 19.9. The van der Waals surface area contributed by atoms with Crippen molar-refractivity contribution in [1.82, 2.24) is 9.97 Å². The van der Waals surface area contributed by atoms with Gasteiger partial charge in [-0.05, 0) is 37.1 Å². The summed E-state index contributed by atoms with van der Waals surface area (Å²) in [6.07, 6.45) is 1.32. The summed E-state index contributed by atoms with van der Waals surface area (Å²) in [4.78, 5) is 20.0. The summed E-state index contributed by atoms with van der Waals surface area (Å²) < 4.78 is 37.7. The van der Waals surface area contributed by atoms with Crippen molar-refractivity contribution in [1.29, 1.82) is 0 Å². The first-order valence-corrected chi connectivity index (χ1v) is 9.06. The van der Waals surface area contributed by atoms with Crippen LogP contribution >= 0.6 is 0 Å². The lowest BCUT2D eigenvalue weighted by Crippen LogP contribution is -2.31. The van der Waals surface area contributed by atoms with Crippen LogP contribution in [-0.4, -0.2) is 33.6 Å². The topological polar surface area (TPSA) is 87.1 Å². The Hall–Kier alpha value is -2.68. The minimum atomic E-state index is -4.54. The molecule has 150 valence electrons. The third kappa shape index (κ3) is 4.98. The van der Waals surface area contributed by atoms with Gasteiger partial charge in [-0.1, -0.05) is 12.8 Å². The number of aliphatic hydroxyl groups excluding tert-OH is 1. The molecule has 2 aromatic rings. The van der Waals surface area contributed by atoms with Crippen molar-refractivity contribution in [2.75, 3.05) is 17.2 Å². The van der Waals surface area contributed by atoms with E-state index < -0.39 is 17.8 Å². The number of nitrogens with zero attached hydrogens (tertiary/aromatic N) is 2. The first-order chi connectivity index (χ1) is 13.3. The van der Waals surface area contributed by atoms with Crippen LogP contribution in [0.5, 0.6) is 0 Å². The summed E-state index contributed by atoms with van der Waals surface area (Å²) >= 11 is 0. The van der Waals surface area contributed by atoms with Gasteiger partial charge in [-0.15, -0.1) is 0 Å². The third-order valence-corrected chi connectivity index (χ3v) is 4.76. The molecule has 1 aliphatic carbocycles. The second-order valence-electron chi connectivity index (χ2n) is 6.78. The van der Waals surface area contributed by atoms with E-state index in [1.807, 2.05) is 0 Å². The van der Waals surface area contributed by atoms with E-state index in [-0.39, 0.29) is 23.3 Å². The Morgan fingerprint density at radius 3 is 2.64 bits per heavy atom. The lowest BCUT2D eigenvalue weighted by atomic mass is 9.86. The van der Waals surface area contributed by atoms with Gasteiger partial charge < -0.3 is 15.7 Å². The number of rotatable bonds is 5. The lowest BCUT2D eigenvalue weighted by molar-refractivity contribution is -0.141. The molecule has 28 heavy (non-hydrogen) atoms. The van der Waals surface area contributed by atoms with Gasteiger partial charge >= 0.3 is 6.18 Å². The molecule has 2 aromatic heterocycles. The standard InChI is InChI=1S/C19H21F3N4O2/c20-19(21,22)16-8-7-13(11-24-16)26-18(28)14-5-3-9-23-17(14)25-10-12-4-1-2-6-15(12)27/h3,5,7-9,11-12,15,27H,1-2,4,6,10H2,(H,23,25)(H,26,28)/t12-,15+/m0/s1. The fourth-order valence-electron chi connectivity index (χ4n) is 3.22. The van der Waals surface area contributed by atoms with Crippen LogP contribution in [0.4, 0.5) is 24.7 Å². The van der Waals surface area contributed by atoms with Crippen molar-refractivity contribution in [3.63, 3.8) is 0 Å². The Balaban J connectivity index is 1.67. The number of aromatic nitrogens is 2. The molecule has 1 saturated carbocycles.